The fraction of sp³-hybridized carbons (Fsp3) is 0.357. The van der Waals surface area contributed by atoms with Crippen LogP contribution in [-0.4, -0.2) is 11.0 Å². The number of anilines is 1. The molecular weight excluding hydrogens is 308 g/mol. The molecule has 0 radical (unpaired) electrons. The van der Waals surface area contributed by atoms with E-state index in [1.54, 1.807) is 11.3 Å². The highest BCUT2D eigenvalue weighted by molar-refractivity contribution is 9.10. The minimum Gasteiger partial charge on any atom is -0.349 e. The lowest BCUT2D eigenvalue weighted by molar-refractivity contribution is 0.676. The Labute approximate surface area is 121 Å². The molecule has 0 fully saturated rings. The number of hydrogen-bond donors (Lipinski definition) is 0. The number of aromatic nitrogens is 1. The van der Waals surface area contributed by atoms with Gasteiger partial charge in [0, 0.05) is 15.4 Å². The smallest absolute Gasteiger partial charge is 0.129 e. The first-order valence-electron chi connectivity index (χ1n) is 6.00. The van der Waals surface area contributed by atoms with Crippen molar-refractivity contribution in [2.75, 3.05) is 4.90 Å². The van der Waals surface area contributed by atoms with Crippen LogP contribution in [0.4, 0.5) is 5.82 Å². The van der Waals surface area contributed by atoms with Gasteiger partial charge in [0.05, 0.1) is 12.2 Å². The van der Waals surface area contributed by atoms with Crippen molar-refractivity contribution in [1.82, 2.24) is 4.98 Å². The van der Waals surface area contributed by atoms with E-state index in [2.05, 4.69) is 69.3 Å². The second-order valence-corrected chi connectivity index (χ2v) is 6.42. The Morgan fingerprint density at radius 3 is 2.67 bits per heavy atom. The lowest BCUT2D eigenvalue weighted by atomic mass is 10.2. The number of nitrogens with zero attached hydrogens (tertiary/aromatic N) is 2. The molecule has 0 spiro atoms. The van der Waals surface area contributed by atoms with Crippen LogP contribution in [0.1, 0.15) is 24.4 Å². The number of thiophene rings is 1. The zero-order valence-electron chi connectivity index (χ0n) is 10.9. The van der Waals surface area contributed by atoms with Crippen molar-refractivity contribution >= 4 is 33.1 Å². The molecular formula is C14H17BrN2S. The molecule has 0 unspecified atom stereocenters. The Kier molecular flexibility index (Phi) is 4.40. The van der Waals surface area contributed by atoms with Crippen LogP contribution in [0.2, 0.25) is 0 Å². The number of rotatable bonds is 4. The summed E-state index contributed by atoms with van der Waals surface area (Å²) >= 11 is 5.29. The van der Waals surface area contributed by atoms with E-state index in [0.717, 1.165) is 22.5 Å². The summed E-state index contributed by atoms with van der Waals surface area (Å²) in [5, 5.41) is 2.12. The first-order chi connectivity index (χ1) is 8.58. The number of halogens is 1. The third-order valence-electron chi connectivity index (χ3n) is 2.83. The van der Waals surface area contributed by atoms with Gasteiger partial charge in [-0.2, -0.15) is 0 Å². The van der Waals surface area contributed by atoms with E-state index in [9.17, 15) is 0 Å². The van der Waals surface area contributed by atoms with Crippen LogP contribution < -0.4 is 4.90 Å². The predicted octanol–water partition coefficient (Wildman–Crippen LogP) is 4.63. The fourth-order valence-corrected chi connectivity index (χ4v) is 2.71. The monoisotopic (exact) mass is 324 g/mol. The molecule has 0 amide bonds. The maximum atomic E-state index is 4.66. The van der Waals surface area contributed by atoms with E-state index in [0.29, 0.717) is 6.04 Å². The normalized spacial score (nSPS) is 10.9. The minimum absolute atomic E-state index is 0.431. The molecule has 4 heteroatoms. The molecule has 2 aromatic heterocycles. The topological polar surface area (TPSA) is 16.1 Å². The van der Waals surface area contributed by atoms with E-state index in [4.69, 9.17) is 0 Å². The molecule has 0 aliphatic heterocycles. The fourth-order valence-electron chi connectivity index (χ4n) is 1.79. The SMILES string of the molecule is Cc1nc(N(Cc2cccs2)C(C)C)ccc1Br. The molecule has 2 nitrogen and oxygen atoms in total. The molecule has 0 N–H and O–H groups in total. The van der Waals surface area contributed by atoms with E-state index in [-0.39, 0.29) is 0 Å². The van der Waals surface area contributed by atoms with Crippen molar-refractivity contribution < 1.29 is 0 Å². The Morgan fingerprint density at radius 1 is 1.33 bits per heavy atom. The maximum Gasteiger partial charge on any atom is 0.129 e. The first kappa shape index (κ1) is 13.6. The van der Waals surface area contributed by atoms with Crippen LogP contribution >= 0.6 is 27.3 Å². The van der Waals surface area contributed by atoms with Gasteiger partial charge in [-0.1, -0.05) is 6.07 Å². The van der Waals surface area contributed by atoms with Crippen molar-refractivity contribution in [2.45, 2.75) is 33.4 Å². The molecule has 0 aromatic carbocycles. The first-order valence-corrected chi connectivity index (χ1v) is 7.67. The maximum absolute atomic E-state index is 4.66. The van der Waals surface area contributed by atoms with Crippen LogP contribution in [-0.2, 0) is 6.54 Å². The van der Waals surface area contributed by atoms with Gasteiger partial charge in [0.1, 0.15) is 5.82 Å². The molecule has 2 rings (SSSR count). The Hall–Kier alpha value is -0.870. The lowest BCUT2D eigenvalue weighted by Gasteiger charge is -2.27. The average molecular weight is 325 g/mol. The Bertz CT molecular complexity index is 509. The second-order valence-electron chi connectivity index (χ2n) is 4.54. The van der Waals surface area contributed by atoms with Crippen molar-refractivity contribution in [2.24, 2.45) is 0 Å². The van der Waals surface area contributed by atoms with Crippen molar-refractivity contribution in [1.29, 1.82) is 0 Å². The molecule has 2 aromatic rings. The summed E-state index contributed by atoms with van der Waals surface area (Å²) in [5.74, 6) is 1.04. The van der Waals surface area contributed by atoms with Gasteiger partial charge in [-0.3, -0.25) is 0 Å². The summed E-state index contributed by atoms with van der Waals surface area (Å²) < 4.78 is 1.06. The molecule has 0 aliphatic carbocycles. The van der Waals surface area contributed by atoms with Gasteiger partial charge in [-0.25, -0.2) is 4.98 Å². The predicted molar refractivity (Wildman–Crippen MR) is 82.3 cm³/mol. The Morgan fingerprint density at radius 2 is 2.11 bits per heavy atom. The van der Waals surface area contributed by atoms with E-state index in [1.165, 1.54) is 4.88 Å². The highest BCUT2D eigenvalue weighted by Crippen LogP contribution is 2.23. The Balaban J connectivity index is 2.26. The lowest BCUT2D eigenvalue weighted by Crippen LogP contribution is -2.30. The molecule has 0 saturated carbocycles. The van der Waals surface area contributed by atoms with Gasteiger partial charge in [0.25, 0.3) is 0 Å². The van der Waals surface area contributed by atoms with E-state index >= 15 is 0 Å². The van der Waals surface area contributed by atoms with Gasteiger partial charge in [0.2, 0.25) is 0 Å². The molecule has 2 heterocycles. The van der Waals surface area contributed by atoms with Crippen LogP contribution in [0.15, 0.2) is 34.1 Å². The molecule has 0 saturated heterocycles. The van der Waals surface area contributed by atoms with Gasteiger partial charge >= 0.3 is 0 Å². The van der Waals surface area contributed by atoms with E-state index in [1.807, 2.05) is 6.92 Å². The zero-order chi connectivity index (χ0) is 13.1. The minimum atomic E-state index is 0.431. The molecule has 18 heavy (non-hydrogen) atoms. The number of hydrogen-bond acceptors (Lipinski definition) is 3. The van der Waals surface area contributed by atoms with Gasteiger partial charge in [0.15, 0.2) is 0 Å². The highest BCUT2D eigenvalue weighted by Gasteiger charge is 2.13. The number of pyridine rings is 1. The van der Waals surface area contributed by atoms with E-state index < -0.39 is 0 Å². The summed E-state index contributed by atoms with van der Waals surface area (Å²) in [6.45, 7) is 7.35. The molecule has 0 bridgehead atoms. The van der Waals surface area contributed by atoms with Gasteiger partial charge in [-0.05, 0) is 60.3 Å². The van der Waals surface area contributed by atoms with Crippen molar-refractivity contribution in [3.63, 3.8) is 0 Å². The van der Waals surface area contributed by atoms with Crippen molar-refractivity contribution in [3.8, 4) is 0 Å². The molecule has 96 valence electrons. The van der Waals surface area contributed by atoms with Gasteiger partial charge in [-0.15, -0.1) is 11.3 Å². The highest BCUT2D eigenvalue weighted by atomic mass is 79.9. The van der Waals surface area contributed by atoms with Crippen molar-refractivity contribution in [3.05, 3.63) is 44.7 Å². The summed E-state index contributed by atoms with van der Waals surface area (Å²) in [5.41, 5.74) is 1.03. The molecule has 0 aliphatic rings. The third-order valence-corrected chi connectivity index (χ3v) is 4.53. The summed E-state index contributed by atoms with van der Waals surface area (Å²) in [4.78, 5) is 8.35. The van der Waals surface area contributed by atoms with Crippen LogP contribution in [0.25, 0.3) is 0 Å². The second kappa shape index (κ2) is 5.85. The van der Waals surface area contributed by atoms with Crippen LogP contribution in [0, 0.1) is 6.92 Å². The number of aryl methyl sites for hydroxylation is 1. The summed E-state index contributed by atoms with van der Waals surface area (Å²) in [6, 6.07) is 8.84. The average Bonchev–Trinajstić information content (AvgIpc) is 2.82. The van der Waals surface area contributed by atoms with Gasteiger partial charge < -0.3 is 4.90 Å². The molecule has 0 atom stereocenters. The van der Waals surface area contributed by atoms with Crippen LogP contribution in [0.3, 0.4) is 0 Å². The summed E-state index contributed by atoms with van der Waals surface area (Å²) in [7, 11) is 0. The third kappa shape index (κ3) is 3.12. The largest absolute Gasteiger partial charge is 0.349 e. The zero-order valence-corrected chi connectivity index (χ0v) is 13.3. The summed E-state index contributed by atoms with van der Waals surface area (Å²) in [6.07, 6.45) is 0. The standard InChI is InChI=1S/C14H17BrN2S/c1-10(2)17(9-12-5-4-8-18-12)14-7-6-13(15)11(3)16-14/h4-8,10H,9H2,1-3H3. The van der Waals surface area contributed by atoms with Crippen LogP contribution in [0.5, 0.6) is 0 Å². The quantitative estimate of drug-likeness (QED) is 0.815.